The number of benzene rings is 2. The van der Waals surface area contributed by atoms with Crippen molar-refractivity contribution >= 4 is 5.97 Å². The van der Waals surface area contributed by atoms with Crippen molar-refractivity contribution < 1.29 is 14.6 Å². The minimum atomic E-state index is -0.919. The maximum atomic E-state index is 11.5. The largest absolute Gasteiger partial charge is 0.478 e. The number of nitrogens with zero attached hydrogens (tertiary/aromatic N) is 3. The first-order valence-corrected chi connectivity index (χ1v) is 10.1. The number of aromatic nitrogens is 3. The molecule has 1 aliphatic carbocycles. The van der Waals surface area contributed by atoms with Crippen molar-refractivity contribution in [1.82, 2.24) is 14.8 Å². The molecule has 2 aromatic carbocycles. The van der Waals surface area contributed by atoms with E-state index in [1.807, 2.05) is 41.1 Å². The summed E-state index contributed by atoms with van der Waals surface area (Å²) in [6.45, 7) is 0. The van der Waals surface area contributed by atoms with Crippen molar-refractivity contribution in [1.29, 1.82) is 0 Å². The number of aromatic carboxylic acids is 1. The summed E-state index contributed by atoms with van der Waals surface area (Å²) in [7, 11) is 1.60. The van der Waals surface area contributed by atoms with Gasteiger partial charge < -0.3 is 9.84 Å². The molecule has 0 radical (unpaired) electrons. The van der Waals surface area contributed by atoms with Crippen LogP contribution in [0.4, 0.5) is 0 Å². The van der Waals surface area contributed by atoms with E-state index in [1.165, 1.54) is 19.3 Å². The van der Waals surface area contributed by atoms with Crippen LogP contribution in [0.5, 0.6) is 6.01 Å². The first kappa shape index (κ1) is 19.2. The van der Waals surface area contributed by atoms with E-state index in [4.69, 9.17) is 4.74 Å². The van der Waals surface area contributed by atoms with E-state index in [2.05, 4.69) is 10.1 Å². The first-order chi connectivity index (χ1) is 14.2. The predicted molar refractivity (Wildman–Crippen MR) is 110 cm³/mol. The third-order valence-electron chi connectivity index (χ3n) is 5.57. The molecule has 29 heavy (non-hydrogen) atoms. The number of carbonyl (C=O) groups is 1. The van der Waals surface area contributed by atoms with Gasteiger partial charge in [-0.2, -0.15) is 4.98 Å². The predicted octanol–water partition coefficient (Wildman–Crippen LogP) is 4.75. The molecule has 1 aliphatic rings. The summed E-state index contributed by atoms with van der Waals surface area (Å²) in [6, 6.07) is 15.9. The van der Waals surface area contributed by atoms with E-state index >= 15 is 0 Å². The highest BCUT2D eigenvalue weighted by Gasteiger charge is 2.21. The van der Waals surface area contributed by atoms with Crippen molar-refractivity contribution in [2.45, 2.75) is 44.6 Å². The van der Waals surface area contributed by atoms with E-state index in [-0.39, 0.29) is 0 Å². The number of methoxy groups -OCH3 is 1. The van der Waals surface area contributed by atoms with E-state index in [0.717, 1.165) is 35.4 Å². The van der Waals surface area contributed by atoms with Gasteiger partial charge in [0.15, 0.2) is 0 Å². The molecule has 0 atom stereocenters. The van der Waals surface area contributed by atoms with Crippen molar-refractivity contribution in [3.63, 3.8) is 0 Å². The Labute approximate surface area is 170 Å². The zero-order valence-corrected chi connectivity index (χ0v) is 16.5. The lowest BCUT2D eigenvalue weighted by atomic mass is 9.95. The molecular weight excluding hydrogens is 366 g/mol. The van der Waals surface area contributed by atoms with Crippen LogP contribution in [-0.4, -0.2) is 33.0 Å². The first-order valence-electron chi connectivity index (χ1n) is 10.1. The highest BCUT2D eigenvalue weighted by Crippen LogP contribution is 2.30. The summed E-state index contributed by atoms with van der Waals surface area (Å²) in [4.78, 5) is 16.1. The van der Waals surface area contributed by atoms with Crippen molar-refractivity contribution in [2.24, 2.45) is 0 Å². The van der Waals surface area contributed by atoms with E-state index in [1.54, 1.807) is 19.2 Å². The van der Waals surface area contributed by atoms with Gasteiger partial charge in [0.2, 0.25) is 0 Å². The van der Waals surface area contributed by atoms with E-state index in [9.17, 15) is 9.90 Å². The number of ether oxygens (including phenoxy) is 1. The van der Waals surface area contributed by atoms with Crippen LogP contribution in [0.2, 0.25) is 0 Å². The monoisotopic (exact) mass is 391 g/mol. The van der Waals surface area contributed by atoms with Gasteiger partial charge in [-0.3, -0.25) is 0 Å². The summed E-state index contributed by atoms with van der Waals surface area (Å²) in [5.41, 5.74) is 3.02. The molecule has 4 rings (SSSR count). The Kier molecular flexibility index (Phi) is 5.60. The molecule has 0 spiro atoms. The average Bonchev–Trinajstić information content (AvgIpc) is 3.18. The highest BCUT2D eigenvalue weighted by molar-refractivity contribution is 5.95. The molecule has 0 bridgehead atoms. The van der Waals surface area contributed by atoms with Gasteiger partial charge in [0, 0.05) is 6.42 Å². The fourth-order valence-electron chi connectivity index (χ4n) is 4.06. The molecule has 1 aromatic heterocycles. The minimum absolute atomic E-state index is 0.307. The molecule has 1 saturated carbocycles. The molecule has 0 aliphatic heterocycles. The van der Waals surface area contributed by atoms with Crippen LogP contribution in [-0.2, 0) is 6.42 Å². The SMILES string of the molecule is COc1nc(Cc2ccc(-c3ccccc3C(=O)O)cc2)n(C2CCCCC2)n1. The molecule has 1 heterocycles. The minimum Gasteiger partial charge on any atom is -0.478 e. The Morgan fingerprint density at radius 3 is 2.52 bits per heavy atom. The van der Waals surface area contributed by atoms with Gasteiger partial charge in [-0.05, 0) is 35.6 Å². The maximum Gasteiger partial charge on any atom is 0.336 e. The lowest BCUT2D eigenvalue weighted by Crippen LogP contribution is -2.17. The molecule has 6 heteroatoms. The van der Waals surface area contributed by atoms with Gasteiger partial charge in [0.25, 0.3) is 0 Å². The number of carboxylic acid groups (broad SMARTS) is 1. The Bertz CT molecular complexity index is 989. The third-order valence-corrected chi connectivity index (χ3v) is 5.57. The fraction of sp³-hybridized carbons (Fsp3) is 0.348. The number of carboxylic acids is 1. The van der Waals surface area contributed by atoms with Crippen LogP contribution in [0.1, 0.15) is 59.9 Å². The van der Waals surface area contributed by atoms with E-state index < -0.39 is 5.97 Å². The highest BCUT2D eigenvalue weighted by atomic mass is 16.5. The molecule has 150 valence electrons. The van der Waals surface area contributed by atoms with Crippen LogP contribution in [0.3, 0.4) is 0 Å². The van der Waals surface area contributed by atoms with Crippen molar-refractivity contribution in [2.75, 3.05) is 7.11 Å². The molecule has 0 saturated heterocycles. The Hall–Kier alpha value is -3.15. The quantitative estimate of drug-likeness (QED) is 0.656. The summed E-state index contributed by atoms with van der Waals surface area (Å²) in [5.74, 6) is -0.00945. The second-order valence-electron chi connectivity index (χ2n) is 7.48. The topological polar surface area (TPSA) is 77.2 Å². The average molecular weight is 391 g/mol. The molecule has 0 unspecified atom stereocenters. The van der Waals surface area contributed by atoms with Gasteiger partial charge in [0.1, 0.15) is 5.82 Å². The normalized spacial score (nSPS) is 14.7. The van der Waals surface area contributed by atoms with Gasteiger partial charge >= 0.3 is 12.0 Å². The number of hydrogen-bond donors (Lipinski definition) is 1. The second-order valence-corrected chi connectivity index (χ2v) is 7.48. The van der Waals surface area contributed by atoms with Gasteiger partial charge in [-0.25, -0.2) is 9.48 Å². The lowest BCUT2D eigenvalue weighted by molar-refractivity contribution is 0.0697. The van der Waals surface area contributed by atoms with Crippen molar-refractivity contribution in [3.05, 3.63) is 65.5 Å². The smallest absolute Gasteiger partial charge is 0.336 e. The zero-order valence-electron chi connectivity index (χ0n) is 16.5. The van der Waals surface area contributed by atoms with Crippen molar-refractivity contribution in [3.8, 4) is 17.1 Å². The molecule has 3 aromatic rings. The summed E-state index contributed by atoms with van der Waals surface area (Å²) < 4.78 is 7.33. The molecular formula is C23H25N3O3. The van der Waals surface area contributed by atoms with Crippen LogP contribution >= 0.6 is 0 Å². The summed E-state index contributed by atoms with van der Waals surface area (Å²) >= 11 is 0. The van der Waals surface area contributed by atoms with E-state index in [0.29, 0.717) is 24.0 Å². The molecule has 6 nitrogen and oxygen atoms in total. The summed E-state index contributed by atoms with van der Waals surface area (Å²) in [6.07, 6.45) is 6.66. The van der Waals surface area contributed by atoms with Gasteiger partial charge in [-0.15, -0.1) is 5.10 Å². The van der Waals surface area contributed by atoms with Crippen LogP contribution in [0.25, 0.3) is 11.1 Å². The third kappa shape index (κ3) is 4.16. The van der Waals surface area contributed by atoms with Crippen LogP contribution in [0.15, 0.2) is 48.5 Å². The fourth-order valence-corrected chi connectivity index (χ4v) is 4.06. The molecule has 1 N–H and O–H groups in total. The molecule has 1 fully saturated rings. The Balaban J connectivity index is 1.58. The number of hydrogen-bond acceptors (Lipinski definition) is 4. The second kappa shape index (κ2) is 8.47. The zero-order chi connectivity index (χ0) is 20.2. The Morgan fingerprint density at radius 2 is 1.83 bits per heavy atom. The van der Waals surface area contributed by atoms with Gasteiger partial charge in [-0.1, -0.05) is 61.7 Å². The number of rotatable bonds is 6. The van der Waals surface area contributed by atoms with Crippen LogP contribution in [0, 0.1) is 0 Å². The van der Waals surface area contributed by atoms with Crippen LogP contribution < -0.4 is 4.74 Å². The van der Waals surface area contributed by atoms with Gasteiger partial charge in [0.05, 0.1) is 18.7 Å². The maximum absolute atomic E-state index is 11.5. The summed E-state index contributed by atoms with van der Waals surface area (Å²) in [5, 5.41) is 14.0. The molecule has 0 amide bonds. The lowest BCUT2D eigenvalue weighted by Gasteiger charge is -2.23. The standard InChI is InChI=1S/C23H25N3O3/c1-29-23-24-21(26(25-23)18-7-3-2-4-8-18)15-16-11-13-17(14-12-16)19-9-5-6-10-20(19)22(27)28/h5-6,9-14,18H,2-4,7-8,15H2,1H3,(H,27,28). The Morgan fingerprint density at radius 1 is 1.10 bits per heavy atom.